The monoisotopic (exact) mass is 340 g/mol. The van der Waals surface area contributed by atoms with Gasteiger partial charge in [0.2, 0.25) is 5.91 Å². The highest BCUT2D eigenvalue weighted by Crippen LogP contribution is 2.23. The van der Waals surface area contributed by atoms with E-state index in [9.17, 15) is 4.79 Å². The number of fused-ring (bicyclic) bond motifs is 1. The molecule has 2 aromatic rings. The van der Waals surface area contributed by atoms with E-state index in [1.165, 1.54) is 54.5 Å². The molecule has 0 aromatic heterocycles. The van der Waals surface area contributed by atoms with Crippen LogP contribution in [0.15, 0.2) is 36.4 Å². The fourth-order valence-electron chi connectivity index (χ4n) is 3.18. The van der Waals surface area contributed by atoms with Gasteiger partial charge in [-0.1, -0.05) is 70.2 Å². The van der Waals surface area contributed by atoms with E-state index in [0.29, 0.717) is 6.42 Å². The van der Waals surface area contributed by atoms with Crippen molar-refractivity contribution >= 4 is 22.4 Å². The normalized spacial score (nSPS) is 11.0. The number of benzene rings is 2. The number of hydrogen-bond donors (Lipinski definition) is 1. The maximum absolute atomic E-state index is 11.9. The summed E-state index contributed by atoms with van der Waals surface area (Å²) in [6.07, 6.45) is 10.4. The van der Waals surface area contributed by atoms with Crippen molar-refractivity contribution in [1.82, 2.24) is 0 Å². The highest BCUT2D eigenvalue weighted by molar-refractivity contribution is 5.95. The Morgan fingerprint density at radius 2 is 1.56 bits per heavy atom. The lowest BCUT2D eigenvalue weighted by atomic mass is 10.0. The summed E-state index contributed by atoms with van der Waals surface area (Å²) in [5, 5.41) is 3.61. The van der Waals surface area contributed by atoms with Gasteiger partial charge in [-0.25, -0.2) is 10.9 Å². The Hall–Kier alpha value is -1.87. The average molecular weight is 341 g/mol. The number of rotatable bonds is 10. The number of unbranched alkanes of at least 4 members (excludes halogenated alkanes) is 5. The summed E-state index contributed by atoms with van der Waals surface area (Å²) in [5.41, 5.74) is 2.15. The second kappa shape index (κ2) is 10.2. The molecule has 0 saturated heterocycles. The van der Waals surface area contributed by atoms with E-state index in [-0.39, 0.29) is 5.91 Å². The van der Waals surface area contributed by atoms with Crippen molar-refractivity contribution in [2.45, 2.75) is 71.6 Å². The minimum Gasteiger partial charge on any atom is -0.273 e. The lowest BCUT2D eigenvalue weighted by molar-refractivity contribution is -0.118. The Morgan fingerprint density at radius 1 is 0.880 bits per heavy atom. The van der Waals surface area contributed by atoms with Gasteiger partial charge in [0.15, 0.2) is 0 Å². The van der Waals surface area contributed by atoms with E-state index in [1.54, 1.807) is 0 Å². The number of nitrogens with two attached hydrogens (primary N) is 1. The summed E-state index contributed by atoms with van der Waals surface area (Å²) in [5.74, 6) is 5.90. The van der Waals surface area contributed by atoms with Gasteiger partial charge < -0.3 is 0 Å². The molecule has 0 radical (unpaired) electrons. The van der Waals surface area contributed by atoms with Crippen LogP contribution in [0.4, 0.5) is 5.69 Å². The van der Waals surface area contributed by atoms with Crippen molar-refractivity contribution in [1.29, 1.82) is 0 Å². The summed E-state index contributed by atoms with van der Waals surface area (Å²) in [6.45, 7) is 4.24. The van der Waals surface area contributed by atoms with Crippen molar-refractivity contribution in [3.63, 3.8) is 0 Å². The molecule has 2 N–H and O–H groups in total. The zero-order valence-corrected chi connectivity index (χ0v) is 15.8. The van der Waals surface area contributed by atoms with Gasteiger partial charge in [0, 0.05) is 6.42 Å². The summed E-state index contributed by atoms with van der Waals surface area (Å²) < 4.78 is 0. The molecule has 2 rings (SSSR count). The number of hydrazine groups is 1. The predicted octanol–water partition coefficient (Wildman–Crippen LogP) is 5.75. The molecule has 0 heterocycles. The highest BCUT2D eigenvalue weighted by Gasteiger charge is 2.11. The lowest BCUT2D eigenvalue weighted by Gasteiger charge is -2.17. The van der Waals surface area contributed by atoms with Crippen LogP contribution in [0.1, 0.15) is 70.8 Å². The SMILES string of the molecule is CCCCCCCCc1ccc2cc(N(N)C(=O)CCC)ccc2c1. The van der Waals surface area contributed by atoms with E-state index < -0.39 is 0 Å². The van der Waals surface area contributed by atoms with E-state index in [0.717, 1.165) is 23.9 Å². The maximum Gasteiger partial charge on any atom is 0.241 e. The summed E-state index contributed by atoms with van der Waals surface area (Å²) in [4.78, 5) is 11.9. The fourth-order valence-corrected chi connectivity index (χ4v) is 3.18. The Kier molecular flexibility index (Phi) is 7.93. The van der Waals surface area contributed by atoms with Crippen LogP contribution in [0.2, 0.25) is 0 Å². The third kappa shape index (κ3) is 5.86. The molecule has 0 saturated carbocycles. The van der Waals surface area contributed by atoms with E-state index in [4.69, 9.17) is 5.84 Å². The molecule has 3 heteroatoms. The molecule has 0 aliphatic rings. The number of amides is 1. The summed E-state index contributed by atoms with van der Waals surface area (Å²) in [7, 11) is 0. The molecule has 0 fully saturated rings. The van der Waals surface area contributed by atoms with E-state index in [2.05, 4.69) is 31.2 Å². The molecule has 25 heavy (non-hydrogen) atoms. The molecule has 0 aliphatic heterocycles. The first-order valence-corrected chi connectivity index (χ1v) is 9.76. The Bertz CT molecular complexity index is 681. The summed E-state index contributed by atoms with van der Waals surface area (Å²) in [6, 6.07) is 12.6. The molecule has 0 unspecified atom stereocenters. The first kappa shape index (κ1) is 19.5. The quantitative estimate of drug-likeness (QED) is 0.259. The van der Waals surface area contributed by atoms with Gasteiger partial charge in [-0.15, -0.1) is 0 Å². The van der Waals surface area contributed by atoms with Crippen LogP contribution in [0.25, 0.3) is 10.8 Å². The van der Waals surface area contributed by atoms with Crippen LogP contribution in [-0.2, 0) is 11.2 Å². The Morgan fingerprint density at radius 3 is 2.32 bits per heavy atom. The van der Waals surface area contributed by atoms with Gasteiger partial charge in [0.05, 0.1) is 5.69 Å². The molecule has 1 amide bonds. The standard InChI is InChI=1S/C22H32N2O/c1-3-5-6-7-8-9-11-18-12-13-20-17-21(15-14-19(20)16-18)24(23)22(25)10-4-2/h12-17H,3-11,23H2,1-2H3. The largest absolute Gasteiger partial charge is 0.273 e. The van der Waals surface area contributed by atoms with Gasteiger partial charge >= 0.3 is 0 Å². The number of nitrogens with zero attached hydrogens (tertiary/aromatic N) is 1. The number of aryl methyl sites for hydroxylation is 1. The fraction of sp³-hybridized carbons (Fsp3) is 0.500. The molecule has 0 aliphatic carbocycles. The van der Waals surface area contributed by atoms with Crippen LogP contribution in [0.5, 0.6) is 0 Å². The van der Waals surface area contributed by atoms with E-state index >= 15 is 0 Å². The Balaban J connectivity index is 1.97. The van der Waals surface area contributed by atoms with Crippen molar-refractivity contribution in [2.24, 2.45) is 5.84 Å². The first-order valence-electron chi connectivity index (χ1n) is 9.76. The van der Waals surface area contributed by atoms with Gasteiger partial charge in [0.25, 0.3) is 0 Å². The molecule has 3 nitrogen and oxygen atoms in total. The number of hydrogen-bond acceptors (Lipinski definition) is 2. The Labute approximate surface area is 152 Å². The third-order valence-corrected chi connectivity index (χ3v) is 4.72. The second-order valence-corrected chi connectivity index (χ2v) is 6.90. The molecule has 0 atom stereocenters. The third-order valence-electron chi connectivity index (χ3n) is 4.72. The van der Waals surface area contributed by atoms with Gasteiger partial charge in [-0.2, -0.15) is 0 Å². The maximum atomic E-state index is 11.9. The number of carbonyl (C=O) groups is 1. The van der Waals surface area contributed by atoms with Gasteiger partial charge in [0.1, 0.15) is 0 Å². The molecular formula is C22H32N2O. The van der Waals surface area contributed by atoms with E-state index in [1.807, 2.05) is 19.1 Å². The zero-order chi connectivity index (χ0) is 18.1. The molecule has 0 spiro atoms. The topological polar surface area (TPSA) is 46.3 Å². The number of carbonyl (C=O) groups excluding carboxylic acids is 1. The van der Waals surface area contributed by atoms with Crippen molar-refractivity contribution in [3.8, 4) is 0 Å². The first-order chi connectivity index (χ1) is 12.2. The van der Waals surface area contributed by atoms with Crippen molar-refractivity contribution < 1.29 is 4.79 Å². The van der Waals surface area contributed by atoms with Crippen LogP contribution in [0.3, 0.4) is 0 Å². The van der Waals surface area contributed by atoms with Crippen LogP contribution >= 0.6 is 0 Å². The van der Waals surface area contributed by atoms with Crippen LogP contribution < -0.4 is 10.9 Å². The molecule has 2 aromatic carbocycles. The minimum atomic E-state index is -0.0402. The average Bonchev–Trinajstić information content (AvgIpc) is 2.63. The molecule has 0 bridgehead atoms. The number of anilines is 1. The predicted molar refractivity (Wildman–Crippen MR) is 108 cm³/mol. The molecular weight excluding hydrogens is 308 g/mol. The van der Waals surface area contributed by atoms with Crippen LogP contribution in [0, 0.1) is 0 Å². The summed E-state index contributed by atoms with van der Waals surface area (Å²) >= 11 is 0. The van der Waals surface area contributed by atoms with Crippen molar-refractivity contribution in [2.75, 3.05) is 5.01 Å². The van der Waals surface area contributed by atoms with Gasteiger partial charge in [-0.3, -0.25) is 4.79 Å². The van der Waals surface area contributed by atoms with Crippen LogP contribution in [-0.4, -0.2) is 5.91 Å². The highest BCUT2D eigenvalue weighted by atomic mass is 16.2. The van der Waals surface area contributed by atoms with Crippen molar-refractivity contribution in [3.05, 3.63) is 42.0 Å². The second-order valence-electron chi connectivity index (χ2n) is 6.90. The smallest absolute Gasteiger partial charge is 0.241 e. The lowest BCUT2D eigenvalue weighted by Crippen LogP contribution is -2.37. The van der Waals surface area contributed by atoms with Gasteiger partial charge in [-0.05, 0) is 47.7 Å². The zero-order valence-electron chi connectivity index (χ0n) is 15.8. The molecule has 136 valence electrons. The minimum absolute atomic E-state index is 0.0402.